The molecule has 17 heavy (non-hydrogen) atoms. The number of aliphatic hydroxyl groups is 1. The molecule has 0 saturated carbocycles. The standard InChI is InChI=1S/C13H14BrNOS/c1-9-4-2-5-10(13(9)14)15-8-11(16)12-6-3-7-17-12/h2-7,11,15-16H,8H2,1H3. The van der Waals surface area contributed by atoms with Crippen molar-refractivity contribution in [3.8, 4) is 0 Å². The van der Waals surface area contributed by atoms with E-state index >= 15 is 0 Å². The molecule has 0 aliphatic heterocycles. The molecule has 0 aliphatic rings. The van der Waals surface area contributed by atoms with E-state index in [2.05, 4.69) is 21.2 Å². The molecule has 0 radical (unpaired) electrons. The van der Waals surface area contributed by atoms with Gasteiger partial charge < -0.3 is 10.4 Å². The van der Waals surface area contributed by atoms with Crippen molar-refractivity contribution in [2.45, 2.75) is 13.0 Å². The van der Waals surface area contributed by atoms with Gasteiger partial charge in [0, 0.05) is 21.6 Å². The zero-order chi connectivity index (χ0) is 12.3. The summed E-state index contributed by atoms with van der Waals surface area (Å²) in [5.41, 5.74) is 2.20. The number of hydrogen-bond acceptors (Lipinski definition) is 3. The quantitative estimate of drug-likeness (QED) is 0.895. The van der Waals surface area contributed by atoms with Crippen molar-refractivity contribution in [1.82, 2.24) is 0 Å². The van der Waals surface area contributed by atoms with E-state index in [0.717, 1.165) is 15.0 Å². The van der Waals surface area contributed by atoms with E-state index < -0.39 is 6.10 Å². The van der Waals surface area contributed by atoms with Crippen molar-refractivity contribution in [3.63, 3.8) is 0 Å². The van der Waals surface area contributed by atoms with Gasteiger partial charge in [-0.25, -0.2) is 0 Å². The van der Waals surface area contributed by atoms with Gasteiger partial charge in [-0.1, -0.05) is 18.2 Å². The van der Waals surface area contributed by atoms with Crippen LogP contribution in [0.2, 0.25) is 0 Å². The van der Waals surface area contributed by atoms with Crippen LogP contribution >= 0.6 is 27.3 Å². The second kappa shape index (κ2) is 5.67. The third-order valence-corrected chi connectivity index (χ3v) is 4.58. The fourth-order valence-corrected chi connectivity index (χ4v) is 2.69. The number of aryl methyl sites for hydroxylation is 1. The van der Waals surface area contributed by atoms with Gasteiger partial charge in [0.25, 0.3) is 0 Å². The van der Waals surface area contributed by atoms with Gasteiger partial charge in [-0.05, 0) is 45.9 Å². The molecule has 0 spiro atoms. The molecule has 1 aromatic carbocycles. The fraction of sp³-hybridized carbons (Fsp3) is 0.231. The van der Waals surface area contributed by atoms with E-state index in [1.165, 1.54) is 5.56 Å². The van der Waals surface area contributed by atoms with Crippen LogP contribution in [0.1, 0.15) is 16.5 Å². The number of hydrogen-bond donors (Lipinski definition) is 2. The number of halogens is 1. The van der Waals surface area contributed by atoms with Crippen molar-refractivity contribution < 1.29 is 5.11 Å². The lowest BCUT2D eigenvalue weighted by atomic mass is 10.2. The Morgan fingerprint density at radius 3 is 2.88 bits per heavy atom. The zero-order valence-corrected chi connectivity index (χ0v) is 11.9. The second-order valence-corrected chi connectivity index (χ2v) is 5.62. The molecule has 1 unspecified atom stereocenters. The number of nitrogens with one attached hydrogen (secondary N) is 1. The Morgan fingerprint density at radius 2 is 2.18 bits per heavy atom. The Balaban J connectivity index is 2.00. The molecule has 90 valence electrons. The lowest BCUT2D eigenvalue weighted by Gasteiger charge is -2.13. The Morgan fingerprint density at radius 1 is 1.35 bits per heavy atom. The van der Waals surface area contributed by atoms with Crippen LogP contribution in [0.5, 0.6) is 0 Å². The summed E-state index contributed by atoms with van der Waals surface area (Å²) in [7, 11) is 0. The molecule has 0 saturated heterocycles. The molecule has 0 aliphatic carbocycles. The normalized spacial score (nSPS) is 12.4. The van der Waals surface area contributed by atoms with Gasteiger partial charge >= 0.3 is 0 Å². The number of rotatable bonds is 4. The third kappa shape index (κ3) is 3.09. The van der Waals surface area contributed by atoms with E-state index in [4.69, 9.17) is 0 Å². The van der Waals surface area contributed by atoms with Crippen LogP contribution in [0.4, 0.5) is 5.69 Å². The number of anilines is 1. The Hall–Kier alpha value is -0.840. The van der Waals surface area contributed by atoms with Gasteiger partial charge in [0.15, 0.2) is 0 Å². The van der Waals surface area contributed by atoms with Gasteiger partial charge in [-0.3, -0.25) is 0 Å². The summed E-state index contributed by atoms with van der Waals surface area (Å²) in [6.45, 7) is 2.56. The summed E-state index contributed by atoms with van der Waals surface area (Å²) in [6.07, 6.45) is -0.456. The zero-order valence-electron chi connectivity index (χ0n) is 9.48. The number of benzene rings is 1. The highest BCUT2D eigenvalue weighted by molar-refractivity contribution is 9.10. The van der Waals surface area contributed by atoms with E-state index in [0.29, 0.717) is 6.54 Å². The summed E-state index contributed by atoms with van der Waals surface area (Å²) in [4.78, 5) is 0.987. The lowest BCUT2D eigenvalue weighted by molar-refractivity contribution is 0.195. The van der Waals surface area contributed by atoms with Crippen LogP contribution in [0.3, 0.4) is 0 Å². The number of aliphatic hydroxyl groups excluding tert-OH is 1. The molecule has 1 atom stereocenters. The summed E-state index contributed by atoms with van der Waals surface area (Å²) in [5.74, 6) is 0. The molecule has 2 rings (SSSR count). The van der Waals surface area contributed by atoms with Crippen LogP contribution in [0.15, 0.2) is 40.2 Å². The minimum absolute atomic E-state index is 0.456. The van der Waals surface area contributed by atoms with Crippen molar-refractivity contribution in [1.29, 1.82) is 0 Å². The Bertz CT molecular complexity index is 484. The molecule has 2 nitrogen and oxygen atoms in total. The largest absolute Gasteiger partial charge is 0.386 e. The summed E-state index contributed by atoms with van der Waals surface area (Å²) >= 11 is 5.11. The first kappa shape index (κ1) is 12.6. The summed E-state index contributed by atoms with van der Waals surface area (Å²) in [5, 5.41) is 15.2. The molecule has 2 aromatic rings. The monoisotopic (exact) mass is 311 g/mol. The SMILES string of the molecule is Cc1cccc(NCC(O)c2cccs2)c1Br. The molecule has 1 aromatic heterocycles. The van der Waals surface area contributed by atoms with Crippen molar-refractivity contribution in [2.75, 3.05) is 11.9 Å². The average molecular weight is 312 g/mol. The molecule has 0 amide bonds. The van der Waals surface area contributed by atoms with Gasteiger partial charge in [0.05, 0.1) is 0 Å². The minimum atomic E-state index is -0.456. The lowest BCUT2D eigenvalue weighted by Crippen LogP contribution is -2.11. The van der Waals surface area contributed by atoms with Crippen molar-refractivity contribution in [3.05, 3.63) is 50.6 Å². The van der Waals surface area contributed by atoms with Crippen LogP contribution in [-0.2, 0) is 0 Å². The van der Waals surface area contributed by atoms with Gasteiger partial charge in [0.1, 0.15) is 6.10 Å². The van der Waals surface area contributed by atoms with Gasteiger partial charge in [0.2, 0.25) is 0 Å². The molecular formula is C13H14BrNOS. The summed E-state index contributed by atoms with van der Waals surface area (Å²) < 4.78 is 1.05. The summed E-state index contributed by atoms with van der Waals surface area (Å²) in [6, 6.07) is 9.94. The van der Waals surface area contributed by atoms with Crippen LogP contribution in [-0.4, -0.2) is 11.7 Å². The molecular weight excluding hydrogens is 298 g/mol. The predicted molar refractivity (Wildman–Crippen MR) is 76.6 cm³/mol. The van der Waals surface area contributed by atoms with Crippen molar-refractivity contribution in [2.24, 2.45) is 0 Å². The molecule has 1 heterocycles. The van der Waals surface area contributed by atoms with Crippen LogP contribution < -0.4 is 5.32 Å². The minimum Gasteiger partial charge on any atom is -0.386 e. The maximum absolute atomic E-state index is 9.96. The molecule has 2 N–H and O–H groups in total. The Kier molecular flexibility index (Phi) is 4.20. The van der Waals surface area contributed by atoms with E-state index in [1.807, 2.05) is 42.6 Å². The fourth-order valence-electron chi connectivity index (χ4n) is 1.57. The average Bonchev–Trinajstić information content (AvgIpc) is 2.84. The second-order valence-electron chi connectivity index (χ2n) is 3.85. The van der Waals surface area contributed by atoms with Crippen molar-refractivity contribution >= 4 is 33.0 Å². The van der Waals surface area contributed by atoms with E-state index in [9.17, 15) is 5.11 Å². The maximum Gasteiger partial charge on any atom is 0.105 e. The maximum atomic E-state index is 9.96. The van der Waals surface area contributed by atoms with Crippen LogP contribution in [0, 0.1) is 6.92 Å². The highest BCUT2D eigenvalue weighted by Crippen LogP contribution is 2.27. The first-order chi connectivity index (χ1) is 8.18. The molecule has 0 fully saturated rings. The van der Waals surface area contributed by atoms with Gasteiger partial charge in [-0.15, -0.1) is 11.3 Å². The third-order valence-electron chi connectivity index (χ3n) is 2.55. The molecule has 4 heteroatoms. The first-order valence-electron chi connectivity index (χ1n) is 5.39. The van der Waals surface area contributed by atoms with E-state index in [-0.39, 0.29) is 0 Å². The van der Waals surface area contributed by atoms with Crippen LogP contribution in [0.25, 0.3) is 0 Å². The smallest absolute Gasteiger partial charge is 0.105 e. The Labute approximate surface area is 113 Å². The van der Waals surface area contributed by atoms with Gasteiger partial charge in [-0.2, -0.15) is 0 Å². The highest BCUT2D eigenvalue weighted by atomic mass is 79.9. The molecule has 0 bridgehead atoms. The first-order valence-corrected chi connectivity index (χ1v) is 7.06. The predicted octanol–water partition coefficient (Wildman–Crippen LogP) is 3.96. The topological polar surface area (TPSA) is 32.3 Å². The highest BCUT2D eigenvalue weighted by Gasteiger charge is 2.09. The van der Waals surface area contributed by atoms with E-state index in [1.54, 1.807) is 11.3 Å². The number of thiophene rings is 1.